The Labute approximate surface area is 156 Å². The van der Waals surface area contributed by atoms with Gasteiger partial charge >= 0.3 is 5.97 Å². The molecule has 0 aliphatic heterocycles. The Balaban J connectivity index is 1.61. The average molecular weight is 359 g/mol. The molecular weight excluding hydrogens is 342 g/mol. The molecule has 0 bridgehead atoms. The Morgan fingerprint density at radius 2 is 1.52 bits per heavy atom. The Morgan fingerprint density at radius 3 is 2.11 bits per heavy atom. The van der Waals surface area contributed by atoms with Crippen molar-refractivity contribution in [3.05, 3.63) is 84.2 Å². The fraction of sp³-hybridized carbons (Fsp3) is 0.0476. The Hall–Kier alpha value is -3.80. The number of amides is 1. The van der Waals surface area contributed by atoms with Crippen LogP contribution in [0.4, 0.5) is 0 Å². The molecule has 0 spiro atoms. The van der Waals surface area contributed by atoms with Crippen LogP contribution < -0.4 is 10.2 Å². The van der Waals surface area contributed by atoms with Crippen LogP contribution in [0.2, 0.25) is 0 Å². The summed E-state index contributed by atoms with van der Waals surface area (Å²) < 4.78 is 5.03. The molecule has 1 aromatic heterocycles. The van der Waals surface area contributed by atoms with Gasteiger partial charge in [-0.1, -0.05) is 36.4 Å². The molecule has 3 rings (SSSR count). The van der Waals surface area contributed by atoms with Crippen LogP contribution in [0.1, 0.15) is 22.8 Å². The summed E-state index contributed by atoms with van der Waals surface area (Å²) in [5.74, 6) is -0.125. The SMILES string of the molecule is CC(=O)Oc1ccc(-c2ccc(/C=N\NC(=O)c3ccncc3)cc2)cc1. The molecule has 3 aromatic rings. The van der Waals surface area contributed by atoms with Gasteiger partial charge in [-0.2, -0.15) is 5.10 Å². The number of hydrogen-bond acceptors (Lipinski definition) is 5. The summed E-state index contributed by atoms with van der Waals surface area (Å²) in [4.78, 5) is 26.7. The van der Waals surface area contributed by atoms with E-state index in [2.05, 4.69) is 15.5 Å². The van der Waals surface area contributed by atoms with Gasteiger partial charge in [0, 0.05) is 24.9 Å². The highest BCUT2D eigenvalue weighted by atomic mass is 16.5. The normalized spacial score (nSPS) is 10.6. The first kappa shape index (κ1) is 18.0. The number of hydrogen-bond donors (Lipinski definition) is 1. The van der Waals surface area contributed by atoms with Crippen LogP contribution in [-0.2, 0) is 4.79 Å². The molecule has 0 saturated carbocycles. The number of carbonyl (C=O) groups is 2. The van der Waals surface area contributed by atoms with Crippen LogP contribution in [0, 0.1) is 0 Å². The van der Waals surface area contributed by atoms with E-state index in [1.54, 1.807) is 42.9 Å². The monoisotopic (exact) mass is 359 g/mol. The topological polar surface area (TPSA) is 80.6 Å². The van der Waals surface area contributed by atoms with Crippen LogP contribution in [0.5, 0.6) is 5.75 Å². The number of pyridine rings is 1. The highest BCUT2D eigenvalue weighted by Gasteiger charge is 2.03. The summed E-state index contributed by atoms with van der Waals surface area (Å²) in [7, 11) is 0. The van der Waals surface area contributed by atoms with Crippen LogP contribution in [0.25, 0.3) is 11.1 Å². The number of aromatic nitrogens is 1. The average Bonchev–Trinajstić information content (AvgIpc) is 2.69. The lowest BCUT2D eigenvalue weighted by Crippen LogP contribution is -2.17. The van der Waals surface area contributed by atoms with Crippen molar-refractivity contribution in [3.63, 3.8) is 0 Å². The Bertz CT molecular complexity index is 950. The second-order valence-corrected chi connectivity index (χ2v) is 5.68. The van der Waals surface area contributed by atoms with Crippen LogP contribution in [0.3, 0.4) is 0 Å². The van der Waals surface area contributed by atoms with E-state index >= 15 is 0 Å². The molecule has 0 fully saturated rings. The van der Waals surface area contributed by atoms with E-state index in [0.717, 1.165) is 16.7 Å². The van der Waals surface area contributed by atoms with Gasteiger partial charge in [-0.05, 0) is 41.0 Å². The summed E-state index contributed by atoms with van der Waals surface area (Å²) in [6.45, 7) is 1.37. The first-order valence-corrected chi connectivity index (χ1v) is 8.24. The molecule has 0 saturated heterocycles. The quantitative estimate of drug-likeness (QED) is 0.327. The van der Waals surface area contributed by atoms with E-state index in [4.69, 9.17) is 4.74 Å². The minimum Gasteiger partial charge on any atom is -0.427 e. The van der Waals surface area contributed by atoms with Crippen molar-refractivity contribution in [1.82, 2.24) is 10.4 Å². The number of rotatable bonds is 5. The van der Waals surface area contributed by atoms with Gasteiger partial charge in [-0.25, -0.2) is 5.43 Å². The third-order valence-corrected chi connectivity index (χ3v) is 3.68. The van der Waals surface area contributed by atoms with Crippen LogP contribution in [-0.4, -0.2) is 23.1 Å². The maximum absolute atomic E-state index is 11.9. The molecule has 1 N–H and O–H groups in total. The maximum Gasteiger partial charge on any atom is 0.308 e. The lowest BCUT2D eigenvalue weighted by molar-refractivity contribution is -0.131. The second kappa shape index (κ2) is 8.53. The summed E-state index contributed by atoms with van der Waals surface area (Å²) >= 11 is 0. The molecule has 6 heteroatoms. The third-order valence-electron chi connectivity index (χ3n) is 3.68. The minimum atomic E-state index is -0.345. The predicted octanol–water partition coefficient (Wildman–Crippen LogP) is 3.44. The van der Waals surface area contributed by atoms with Gasteiger partial charge in [-0.3, -0.25) is 14.6 Å². The highest BCUT2D eigenvalue weighted by Crippen LogP contribution is 2.22. The van der Waals surface area contributed by atoms with Crippen molar-refractivity contribution in [2.45, 2.75) is 6.92 Å². The lowest BCUT2D eigenvalue weighted by atomic mass is 10.0. The molecular formula is C21H17N3O3. The van der Waals surface area contributed by atoms with Crippen molar-refractivity contribution < 1.29 is 14.3 Å². The predicted molar refractivity (Wildman–Crippen MR) is 102 cm³/mol. The highest BCUT2D eigenvalue weighted by molar-refractivity contribution is 5.94. The summed E-state index contributed by atoms with van der Waals surface area (Å²) in [5, 5.41) is 3.97. The largest absolute Gasteiger partial charge is 0.427 e. The third kappa shape index (κ3) is 5.09. The smallest absolute Gasteiger partial charge is 0.308 e. The van der Waals surface area contributed by atoms with Gasteiger partial charge < -0.3 is 4.74 Å². The fourth-order valence-electron chi connectivity index (χ4n) is 2.38. The number of hydrazone groups is 1. The van der Waals surface area contributed by atoms with E-state index in [0.29, 0.717) is 11.3 Å². The van der Waals surface area contributed by atoms with Gasteiger partial charge in [0.2, 0.25) is 0 Å². The maximum atomic E-state index is 11.9. The van der Waals surface area contributed by atoms with Gasteiger partial charge in [0.1, 0.15) is 5.75 Å². The summed E-state index contributed by atoms with van der Waals surface area (Å²) in [6, 6.07) is 18.2. The lowest BCUT2D eigenvalue weighted by Gasteiger charge is -2.05. The van der Waals surface area contributed by atoms with E-state index < -0.39 is 0 Å². The number of nitrogens with one attached hydrogen (secondary N) is 1. The summed E-state index contributed by atoms with van der Waals surface area (Å²) in [6.07, 6.45) is 4.68. The van der Waals surface area contributed by atoms with Crippen molar-refractivity contribution in [1.29, 1.82) is 0 Å². The number of benzene rings is 2. The van der Waals surface area contributed by atoms with E-state index in [9.17, 15) is 9.59 Å². The molecule has 0 aliphatic carbocycles. The molecule has 2 aromatic carbocycles. The van der Waals surface area contributed by atoms with E-state index in [1.807, 2.05) is 36.4 Å². The van der Waals surface area contributed by atoms with E-state index in [1.165, 1.54) is 6.92 Å². The van der Waals surface area contributed by atoms with Gasteiger partial charge in [0.05, 0.1) is 6.21 Å². The second-order valence-electron chi connectivity index (χ2n) is 5.68. The minimum absolute atomic E-state index is 0.293. The van der Waals surface area contributed by atoms with E-state index in [-0.39, 0.29) is 11.9 Å². The molecule has 6 nitrogen and oxygen atoms in total. The number of carbonyl (C=O) groups excluding carboxylic acids is 2. The van der Waals surface area contributed by atoms with Crippen LogP contribution >= 0.6 is 0 Å². The number of esters is 1. The van der Waals surface area contributed by atoms with Gasteiger partial charge in [-0.15, -0.1) is 0 Å². The first-order valence-electron chi connectivity index (χ1n) is 8.24. The van der Waals surface area contributed by atoms with Crippen molar-refractivity contribution in [2.75, 3.05) is 0 Å². The molecule has 1 heterocycles. The summed E-state index contributed by atoms with van der Waals surface area (Å²) in [5.41, 5.74) is 5.84. The Kier molecular flexibility index (Phi) is 5.69. The molecule has 0 unspecified atom stereocenters. The zero-order chi connectivity index (χ0) is 19.1. The number of ether oxygens (including phenoxy) is 1. The van der Waals surface area contributed by atoms with Gasteiger partial charge in [0.15, 0.2) is 0 Å². The molecule has 0 radical (unpaired) electrons. The van der Waals surface area contributed by atoms with Crippen molar-refractivity contribution in [2.24, 2.45) is 5.10 Å². The molecule has 0 atom stereocenters. The standard InChI is InChI=1S/C21H17N3O3/c1-15(25)27-20-8-6-18(7-9-20)17-4-2-16(3-5-17)14-23-24-21(26)19-10-12-22-13-11-19/h2-14H,1H3,(H,24,26)/b23-14-. The van der Waals surface area contributed by atoms with Gasteiger partial charge in [0.25, 0.3) is 5.91 Å². The van der Waals surface area contributed by atoms with Crippen LogP contribution in [0.15, 0.2) is 78.2 Å². The zero-order valence-corrected chi connectivity index (χ0v) is 14.6. The molecule has 1 amide bonds. The number of nitrogens with zero attached hydrogens (tertiary/aromatic N) is 2. The first-order chi connectivity index (χ1) is 13.1. The zero-order valence-electron chi connectivity index (χ0n) is 14.6. The fourth-order valence-corrected chi connectivity index (χ4v) is 2.38. The molecule has 27 heavy (non-hydrogen) atoms. The molecule has 134 valence electrons. The van der Waals surface area contributed by atoms with Crippen molar-refractivity contribution >= 4 is 18.1 Å². The van der Waals surface area contributed by atoms with Crippen molar-refractivity contribution in [3.8, 4) is 16.9 Å². The Morgan fingerprint density at radius 1 is 0.926 bits per heavy atom. The molecule has 0 aliphatic rings.